The van der Waals surface area contributed by atoms with Gasteiger partial charge in [0.25, 0.3) is 0 Å². The molecule has 2 heteroatoms. The number of benzene rings is 2. The molecule has 1 aliphatic rings. The van der Waals surface area contributed by atoms with Gasteiger partial charge >= 0.3 is 0 Å². The van der Waals surface area contributed by atoms with Crippen molar-refractivity contribution >= 4 is 0 Å². The van der Waals surface area contributed by atoms with E-state index >= 15 is 0 Å². The first-order valence-corrected chi connectivity index (χ1v) is 9.22. The van der Waals surface area contributed by atoms with Crippen molar-refractivity contribution < 1.29 is 9.47 Å². The van der Waals surface area contributed by atoms with Gasteiger partial charge in [-0.15, -0.1) is 0 Å². The molecule has 2 unspecified atom stereocenters. The monoisotopic (exact) mass is 324 g/mol. The summed E-state index contributed by atoms with van der Waals surface area (Å²) in [4.78, 5) is 0. The molecule has 0 radical (unpaired) electrons. The Hall–Kier alpha value is -1.64. The highest BCUT2D eigenvalue weighted by Crippen LogP contribution is 2.27. The van der Waals surface area contributed by atoms with Gasteiger partial charge in [0.05, 0.1) is 19.3 Å². The molecule has 0 bridgehead atoms. The van der Waals surface area contributed by atoms with Crippen LogP contribution in [0.15, 0.2) is 48.5 Å². The predicted octanol–water partition coefficient (Wildman–Crippen LogP) is 5.56. The molecule has 1 fully saturated rings. The maximum absolute atomic E-state index is 6.02. The van der Waals surface area contributed by atoms with Crippen LogP contribution in [0, 0.1) is 0 Å². The molecule has 24 heavy (non-hydrogen) atoms. The Kier molecular flexibility index (Phi) is 6.06. The molecule has 2 atom stereocenters. The Labute approximate surface area is 145 Å². The number of aryl methyl sites for hydroxylation is 1. The van der Waals surface area contributed by atoms with E-state index < -0.39 is 0 Å². The van der Waals surface area contributed by atoms with Gasteiger partial charge in [-0.1, -0.05) is 75.2 Å². The van der Waals surface area contributed by atoms with Gasteiger partial charge in [-0.3, -0.25) is 0 Å². The summed E-state index contributed by atoms with van der Waals surface area (Å²) in [5, 5.41) is 0. The van der Waals surface area contributed by atoms with Crippen molar-refractivity contribution in [3.8, 4) is 11.1 Å². The molecule has 0 aliphatic carbocycles. The van der Waals surface area contributed by atoms with Gasteiger partial charge < -0.3 is 9.47 Å². The van der Waals surface area contributed by atoms with Crippen LogP contribution in [0.1, 0.15) is 50.3 Å². The van der Waals surface area contributed by atoms with Crippen LogP contribution in [0.2, 0.25) is 0 Å². The zero-order valence-corrected chi connectivity index (χ0v) is 14.8. The van der Waals surface area contributed by atoms with Crippen LogP contribution >= 0.6 is 0 Å². The summed E-state index contributed by atoms with van der Waals surface area (Å²) in [6.45, 7) is 5.77. The fraction of sp³-hybridized carbons (Fsp3) is 0.455. The molecule has 3 rings (SSSR count). The molecule has 1 aliphatic heterocycles. The summed E-state index contributed by atoms with van der Waals surface area (Å²) >= 11 is 0. The minimum absolute atomic E-state index is 0.0689. The third-order valence-electron chi connectivity index (χ3n) is 4.82. The van der Waals surface area contributed by atoms with Crippen LogP contribution in [0.3, 0.4) is 0 Å². The summed E-state index contributed by atoms with van der Waals surface area (Å²) < 4.78 is 12.0. The van der Waals surface area contributed by atoms with Crippen molar-refractivity contribution in [3.63, 3.8) is 0 Å². The largest absolute Gasteiger partial charge is 0.373 e. The second kappa shape index (κ2) is 8.46. The minimum atomic E-state index is 0.0689. The maximum atomic E-state index is 6.02. The lowest BCUT2D eigenvalue weighted by Gasteiger charge is -2.30. The highest BCUT2D eigenvalue weighted by molar-refractivity contribution is 5.64. The molecule has 2 aromatic carbocycles. The van der Waals surface area contributed by atoms with Crippen LogP contribution < -0.4 is 0 Å². The molecule has 1 heterocycles. The smallest absolute Gasteiger partial charge is 0.106 e. The SMILES string of the molecule is CCCCC1COC(c2ccc(-c3ccc(CC)cc3)cc2)CO1. The first kappa shape index (κ1) is 17.2. The molecule has 2 nitrogen and oxygen atoms in total. The molecule has 1 saturated heterocycles. The van der Waals surface area contributed by atoms with Gasteiger partial charge in [-0.25, -0.2) is 0 Å². The maximum Gasteiger partial charge on any atom is 0.106 e. The van der Waals surface area contributed by atoms with E-state index in [9.17, 15) is 0 Å². The topological polar surface area (TPSA) is 18.5 Å². The Morgan fingerprint density at radius 1 is 0.833 bits per heavy atom. The van der Waals surface area contributed by atoms with Crippen molar-refractivity contribution in [2.75, 3.05) is 13.2 Å². The van der Waals surface area contributed by atoms with Crippen LogP contribution in [-0.4, -0.2) is 19.3 Å². The zero-order valence-electron chi connectivity index (χ0n) is 14.8. The number of ether oxygens (including phenoxy) is 2. The van der Waals surface area contributed by atoms with Crippen molar-refractivity contribution in [2.24, 2.45) is 0 Å². The lowest BCUT2D eigenvalue weighted by molar-refractivity contribution is -0.137. The highest BCUT2D eigenvalue weighted by Gasteiger charge is 2.23. The lowest BCUT2D eigenvalue weighted by atomic mass is 10.00. The van der Waals surface area contributed by atoms with Crippen LogP contribution in [0.4, 0.5) is 0 Å². The van der Waals surface area contributed by atoms with Crippen LogP contribution in [0.5, 0.6) is 0 Å². The Balaban J connectivity index is 1.60. The highest BCUT2D eigenvalue weighted by atomic mass is 16.6. The van der Waals surface area contributed by atoms with Gasteiger partial charge in [0.15, 0.2) is 0 Å². The normalized spacial score (nSPS) is 20.9. The van der Waals surface area contributed by atoms with Gasteiger partial charge in [0.1, 0.15) is 6.10 Å². The average molecular weight is 324 g/mol. The van der Waals surface area contributed by atoms with Gasteiger partial charge in [0, 0.05) is 0 Å². The molecule has 0 N–H and O–H groups in total. The van der Waals surface area contributed by atoms with Gasteiger partial charge in [-0.2, -0.15) is 0 Å². The molecule has 128 valence electrons. The van der Waals surface area contributed by atoms with E-state index in [1.54, 1.807) is 0 Å². The minimum Gasteiger partial charge on any atom is -0.373 e. The summed E-state index contributed by atoms with van der Waals surface area (Å²) in [7, 11) is 0. The van der Waals surface area contributed by atoms with E-state index in [0.29, 0.717) is 13.2 Å². The lowest BCUT2D eigenvalue weighted by Crippen LogP contribution is -2.31. The van der Waals surface area contributed by atoms with Crippen molar-refractivity contribution in [1.82, 2.24) is 0 Å². The molecule has 0 saturated carbocycles. The molecule has 0 spiro atoms. The third kappa shape index (κ3) is 4.25. The predicted molar refractivity (Wildman–Crippen MR) is 99.2 cm³/mol. The second-order valence-corrected chi connectivity index (χ2v) is 6.59. The number of rotatable bonds is 6. The van der Waals surface area contributed by atoms with Gasteiger partial charge in [-0.05, 0) is 35.1 Å². The van der Waals surface area contributed by atoms with E-state index in [1.807, 2.05) is 0 Å². The Morgan fingerprint density at radius 2 is 1.50 bits per heavy atom. The molecule has 2 aromatic rings. The van der Waals surface area contributed by atoms with E-state index in [0.717, 1.165) is 12.8 Å². The van der Waals surface area contributed by atoms with Crippen LogP contribution in [0.25, 0.3) is 11.1 Å². The third-order valence-corrected chi connectivity index (χ3v) is 4.82. The quantitative estimate of drug-likeness (QED) is 0.692. The summed E-state index contributed by atoms with van der Waals surface area (Å²) in [6, 6.07) is 17.5. The first-order valence-electron chi connectivity index (χ1n) is 9.22. The molecular weight excluding hydrogens is 296 g/mol. The van der Waals surface area contributed by atoms with E-state index in [2.05, 4.69) is 62.4 Å². The summed E-state index contributed by atoms with van der Waals surface area (Å²) in [5.74, 6) is 0. The number of hydrogen-bond donors (Lipinski definition) is 0. The fourth-order valence-corrected chi connectivity index (χ4v) is 3.16. The van der Waals surface area contributed by atoms with Crippen molar-refractivity contribution in [3.05, 3.63) is 59.7 Å². The molecule has 0 amide bonds. The summed E-state index contributed by atoms with van der Waals surface area (Å²) in [5.41, 5.74) is 5.09. The zero-order chi connectivity index (χ0) is 16.8. The van der Waals surface area contributed by atoms with E-state index in [1.165, 1.54) is 35.1 Å². The van der Waals surface area contributed by atoms with Crippen molar-refractivity contribution in [2.45, 2.75) is 51.7 Å². The van der Waals surface area contributed by atoms with Crippen molar-refractivity contribution in [1.29, 1.82) is 0 Å². The van der Waals surface area contributed by atoms with E-state index in [-0.39, 0.29) is 12.2 Å². The standard InChI is InChI=1S/C22H28O2/c1-3-5-6-21-15-24-22(16-23-21)20-13-11-19(12-14-20)18-9-7-17(4-2)8-10-18/h7-14,21-22H,3-6,15-16H2,1-2H3. The average Bonchev–Trinajstić information content (AvgIpc) is 2.67. The summed E-state index contributed by atoms with van der Waals surface area (Å²) in [6.07, 6.45) is 4.96. The Bertz CT molecular complexity index is 607. The van der Waals surface area contributed by atoms with Crippen LogP contribution in [-0.2, 0) is 15.9 Å². The number of hydrogen-bond acceptors (Lipinski definition) is 2. The first-order chi connectivity index (χ1) is 11.8. The Morgan fingerprint density at radius 3 is 2.04 bits per heavy atom. The molecule has 0 aromatic heterocycles. The molecular formula is C22H28O2. The van der Waals surface area contributed by atoms with E-state index in [4.69, 9.17) is 9.47 Å². The fourth-order valence-electron chi connectivity index (χ4n) is 3.16. The van der Waals surface area contributed by atoms with Gasteiger partial charge in [0.2, 0.25) is 0 Å². The second-order valence-electron chi connectivity index (χ2n) is 6.59. The number of unbranched alkanes of at least 4 members (excludes halogenated alkanes) is 1.